The lowest BCUT2D eigenvalue weighted by atomic mass is 10.2. The monoisotopic (exact) mass is 181 g/mol. The maximum atomic E-state index is 5.51. The van der Waals surface area contributed by atoms with E-state index in [2.05, 4.69) is 18.8 Å². The van der Waals surface area contributed by atoms with Gasteiger partial charge in [0.15, 0.2) is 0 Å². The Morgan fingerprint density at radius 1 is 1.38 bits per heavy atom. The van der Waals surface area contributed by atoms with Gasteiger partial charge in [-0.1, -0.05) is 19.9 Å². The molecule has 0 atom stereocenters. The fourth-order valence-electron chi connectivity index (χ4n) is 0.704. The van der Waals surface area contributed by atoms with Crippen LogP contribution >= 0.6 is 0 Å². The second-order valence-corrected chi connectivity index (χ2v) is 3.14. The molecule has 0 aliphatic carbocycles. The van der Waals surface area contributed by atoms with Crippen LogP contribution in [0.2, 0.25) is 0 Å². The molecule has 2 heteroatoms. The lowest BCUT2D eigenvalue weighted by molar-refractivity contribution is 0.189. The number of nitrogens with zero attached hydrogens (tertiary/aromatic N) is 1. The van der Waals surface area contributed by atoms with Gasteiger partial charge in [-0.05, 0) is 25.8 Å². The van der Waals surface area contributed by atoms with Gasteiger partial charge in [0.2, 0.25) is 0 Å². The summed E-state index contributed by atoms with van der Waals surface area (Å²) in [5.74, 6) is 1.36. The summed E-state index contributed by atoms with van der Waals surface area (Å²) >= 11 is 0. The van der Waals surface area contributed by atoms with Crippen LogP contribution in [0.3, 0.4) is 0 Å². The standard InChI is InChI=1S/C11H19NO/c1-5-7-11(8-12-6-2)13-9-10(3)4/h5-8,10H,9H2,1-4H3/b7-5-,11-8+,12-6-. The van der Waals surface area contributed by atoms with Gasteiger partial charge in [0.1, 0.15) is 5.76 Å². The minimum Gasteiger partial charge on any atom is -0.492 e. The van der Waals surface area contributed by atoms with Gasteiger partial charge in [0, 0.05) is 6.21 Å². The smallest absolute Gasteiger partial charge is 0.137 e. The summed E-state index contributed by atoms with van der Waals surface area (Å²) in [6, 6.07) is 0. The van der Waals surface area contributed by atoms with Crippen LogP contribution in [-0.4, -0.2) is 12.8 Å². The molecule has 13 heavy (non-hydrogen) atoms. The zero-order chi connectivity index (χ0) is 10.1. The molecule has 0 N–H and O–H groups in total. The molecule has 74 valence electrons. The van der Waals surface area contributed by atoms with Crippen molar-refractivity contribution in [1.29, 1.82) is 0 Å². The summed E-state index contributed by atoms with van der Waals surface area (Å²) in [6.07, 6.45) is 7.32. The topological polar surface area (TPSA) is 21.6 Å². The first-order valence-corrected chi connectivity index (χ1v) is 4.64. The van der Waals surface area contributed by atoms with Crippen LogP contribution in [0.5, 0.6) is 0 Å². The van der Waals surface area contributed by atoms with E-state index in [0.29, 0.717) is 5.92 Å². The number of hydrogen-bond donors (Lipinski definition) is 0. The minimum absolute atomic E-state index is 0.541. The third-order valence-electron chi connectivity index (χ3n) is 1.27. The molecule has 0 aromatic carbocycles. The van der Waals surface area contributed by atoms with Crippen LogP contribution in [0.4, 0.5) is 0 Å². The molecule has 0 fully saturated rings. The largest absolute Gasteiger partial charge is 0.492 e. The molecule has 0 heterocycles. The Morgan fingerprint density at radius 2 is 2.08 bits per heavy atom. The quantitative estimate of drug-likeness (QED) is 0.362. The Bertz CT molecular complexity index is 202. The lowest BCUT2D eigenvalue weighted by Crippen LogP contribution is -2.00. The highest BCUT2D eigenvalue weighted by molar-refractivity contribution is 5.54. The van der Waals surface area contributed by atoms with E-state index < -0.39 is 0 Å². The normalized spacial score (nSPS) is 13.5. The molecule has 0 bridgehead atoms. The van der Waals surface area contributed by atoms with Crippen LogP contribution < -0.4 is 0 Å². The van der Waals surface area contributed by atoms with Gasteiger partial charge >= 0.3 is 0 Å². The highest BCUT2D eigenvalue weighted by Gasteiger charge is 1.95. The number of allylic oxidation sites excluding steroid dienone is 2. The van der Waals surface area contributed by atoms with Gasteiger partial charge in [-0.3, -0.25) is 4.99 Å². The SMILES string of the molecule is C\C=C/C(=C\N=C/C)OCC(C)C. The number of rotatable bonds is 5. The highest BCUT2D eigenvalue weighted by atomic mass is 16.5. The van der Waals surface area contributed by atoms with E-state index in [0.717, 1.165) is 12.4 Å². The molecule has 0 aliphatic heterocycles. The fourth-order valence-corrected chi connectivity index (χ4v) is 0.704. The molecule has 0 saturated carbocycles. The highest BCUT2D eigenvalue weighted by Crippen LogP contribution is 2.03. The van der Waals surface area contributed by atoms with Crippen molar-refractivity contribution in [3.8, 4) is 0 Å². The van der Waals surface area contributed by atoms with Crippen molar-refractivity contribution in [2.45, 2.75) is 27.7 Å². The van der Waals surface area contributed by atoms with E-state index in [4.69, 9.17) is 4.74 Å². The Kier molecular flexibility index (Phi) is 6.98. The molecule has 0 spiro atoms. The Balaban J connectivity index is 4.09. The lowest BCUT2D eigenvalue weighted by Gasteiger charge is -2.08. The second kappa shape index (κ2) is 7.59. The summed E-state index contributed by atoms with van der Waals surface area (Å²) in [5, 5.41) is 0. The molecular formula is C11H19NO. The fraction of sp³-hybridized carbons (Fsp3) is 0.545. The third-order valence-corrected chi connectivity index (χ3v) is 1.27. The van der Waals surface area contributed by atoms with Crippen molar-refractivity contribution >= 4 is 6.21 Å². The summed E-state index contributed by atoms with van der Waals surface area (Å²) in [4.78, 5) is 4.01. The van der Waals surface area contributed by atoms with Crippen molar-refractivity contribution < 1.29 is 4.74 Å². The minimum atomic E-state index is 0.541. The zero-order valence-corrected chi connectivity index (χ0v) is 8.95. The maximum Gasteiger partial charge on any atom is 0.137 e. The van der Waals surface area contributed by atoms with Gasteiger partial charge in [0.05, 0.1) is 12.8 Å². The summed E-state index contributed by atoms with van der Waals surface area (Å²) in [7, 11) is 0. The predicted molar refractivity (Wildman–Crippen MR) is 57.9 cm³/mol. The number of aliphatic imine (C=N–C) groups is 1. The van der Waals surface area contributed by atoms with Crippen molar-refractivity contribution in [2.75, 3.05) is 6.61 Å². The first kappa shape index (κ1) is 11.9. The molecule has 0 saturated heterocycles. The van der Waals surface area contributed by atoms with E-state index in [1.807, 2.05) is 26.0 Å². The third kappa shape index (κ3) is 7.32. The van der Waals surface area contributed by atoms with E-state index in [-0.39, 0.29) is 0 Å². The zero-order valence-electron chi connectivity index (χ0n) is 8.95. The molecule has 2 nitrogen and oxygen atoms in total. The van der Waals surface area contributed by atoms with Crippen molar-refractivity contribution in [3.63, 3.8) is 0 Å². The van der Waals surface area contributed by atoms with E-state index >= 15 is 0 Å². The molecule has 0 radical (unpaired) electrons. The van der Waals surface area contributed by atoms with Gasteiger partial charge in [-0.2, -0.15) is 0 Å². The van der Waals surface area contributed by atoms with Gasteiger partial charge < -0.3 is 4.74 Å². The van der Waals surface area contributed by atoms with E-state index in [9.17, 15) is 0 Å². The Morgan fingerprint density at radius 3 is 2.54 bits per heavy atom. The molecule has 0 aromatic heterocycles. The molecule has 0 unspecified atom stereocenters. The molecule has 0 rings (SSSR count). The second-order valence-electron chi connectivity index (χ2n) is 3.14. The van der Waals surface area contributed by atoms with Crippen molar-refractivity contribution in [2.24, 2.45) is 10.9 Å². The van der Waals surface area contributed by atoms with Crippen LogP contribution in [0.25, 0.3) is 0 Å². The van der Waals surface area contributed by atoms with Gasteiger partial charge in [-0.15, -0.1) is 0 Å². The van der Waals surface area contributed by atoms with E-state index in [1.165, 1.54) is 0 Å². The van der Waals surface area contributed by atoms with Crippen LogP contribution in [0.15, 0.2) is 29.1 Å². The number of hydrogen-bond acceptors (Lipinski definition) is 2. The average molecular weight is 181 g/mol. The van der Waals surface area contributed by atoms with Crippen LogP contribution in [0.1, 0.15) is 27.7 Å². The summed E-state index contributed by atoms with van der Waals surface area (Å²) in [5.41, 5.74) is 0. The predicted octanol–water partition coefficient (Wildman–Crippen LogP) is 3.17. The molecule has 0 aliphatic rings. The maximum absolute atomic E-state index is 5.51. The van der Waals surface area contributed by atoms with Gasteiger partial charge in [-0.25, -0.2) is 0 Å². The summed E-state index contributed by atoms with van der Waals surface area (Å²) < 4.78 is 5.51. The molecule has 0 aromatic rings. The summed E-state index contributed by atoms with van der Waals surface area (Å²) in [6.45, 7) is 8.82. The first-order valence-electron chi connectivity index (χ1n) is 4.64. The molecular weight excluding hydrogens is 162 g/mol. The average Bonchev–Trinajstić information content (AvgIpc) is 2.09. The van der Waals surface area contributed by atoms with Gasteiger partial charge in [0.25, 0.3) is 0 Å². The van der Waals surface area contributed by atoms with Crippen LogP contribution in [0, 0.1) is 5.92 Å². The van der Waals surface area contributed by atoms with Crippen LogP contribution in [-0.2, 0) is 4.74 Å². The van der Waals surface area contributed by atoms with Crippen molar-refractivity contribution in [3.05, 3.63) is 24.1 Å². The Hall–Kier alpha value is -1.05. The van der Waals surface area contributed by atoms with Crippen molar-refractivity contribution in [1.82, 2.24) is 0 Å². The first-order chi connectivity index (χ1) is 6.20. The Labute approximate surface area is 81.0 Å². The number of ether oxygens (including phenoxy) is 1. The van der Waals surface area contributed by atoms with E-state index in [1.54, 1.807) is 12.4 Å². The molecule has 0 amide bonds.